The quantitative estimate of drug-likeness (QED) is 0.250. The van der Waals surface area contributed by atoms with Gasteiger partial charge in [-0.1, -0.05) is 35.4 Å². The second kappa shape index (κ2) is 11.0. The summed E-state index contributed by atoms with van der Waals surface area (Å²) in [7, 11) is 0. The Morgan fingerprint density at radius 3 is 2.23 bits per heavy atom. The van der Waals surface area contributed by atoms with Crippen LogP contribution in [0.1, 0.15) is 23.2 Å². The van der Waals surface area contributed by atoms with Crippen molar-refractivity contribution in [3.8, 4) is 0 Å². The summed E-state index contributed by atoms with van der Waals surface area (Å²) in [4.78, 5) is 21.3. The lowest BCUT2D eigenvalue weighted by Gasteiger charge is -2.11. The summed E-state index contributed by atoms with van der Waals surface area (Å²) in [6, 6.07) is 21.7. The van der Waals surface area contributed by atoms with E-state index in [0.29, 0.717) is 23.9 Å². The zero-order chi connectivity index (χ0) is 24.8. The number of amides is 1. The molecule has 0 spiro atoms. The molecule has 3 N–H and O–H groups in total. The van der Waals surface area contributed by atoms with E-state index in [1.807, 2.05) is 56.3 Å². The van der Waals surface area contributed by atoms with Crippen LogP contribution in [0.4, 0.5) is 33.2 Å². The number of halogens is 2. The van der Waals surface area contributed by atoms with Gasteiger partial charge < -0.3 is 16.0 Å². The summed E-state index contributed by atoms with van der Waals surface area (Å²) in [6.45, 7) is 3.95. The Labute approximate surface area is 208 Å². The van der Waals surface area contributed by atoms with E-state index in [1.54, 1.807) is 24.3 Å². The molecule has 35 heavy (non-hydrogen) atoms. The first-order valence-electron chi connectivity index (χ1n) is 11.1. The lowest BCUT2D eigenvalue weighted by molar-refractivity contribution is -0.116. The van der Waals surface area contributed by atoms with Crippen LogP contribution in [0.3, 0.4) is 0 Å². The third-order valence-corrected chi connectivity index (χ3v) is 5.52. The number of aromatic nitrogens is 2. The van der Waals surface area contributed by atoms with Gasteiger partial charge in [0, 0.05) is 35.2 Å². The van der Waals surface area contributed by atoms with E-state index in [1.165, 1.54) is 11.6 Å². The van der Waals surface area contributed by atoms with Crippen molar-refractivity contribution in [2.45, 2.75) is 26.7 Å². The molecule has 6 nitrogen and oxygen atoms in total. The molecule has 0 saturated heterocycles. The predicted octanol–water partition coefficient (Wildman–Crippen LogP) is 6.94. The Balaban J connectivity index is 1.33. The van der Waals surface area contributed by atoms with Crippen LogP contribution in [0.5, 0.6) is 0 Å². The van der Waals surface area contributed by atoms with Crippen molar-refractivity contribution in [2.24, 2.45) is 0 Å². The van der Waals surface area contributed by atoms with Crippen LogP contribution >= 0.6 is 11.6 Å². The standard InChI is InChI=1S/C27H25ClFN5O/c1-17-3-7-20(8-4-17)31-25-15-18(2)30-27(34-25)33-22-11-9-21(10-12-22)32-26(35)14-6-19-5-13-24(29)23(28)16-19/h3-5,7-13,15-16H,6,14H2,1-2H3,(H,32,35)(H2,30,31,33,34). The van der Waals surface area contributed by atoms with Crippen molar-refractivity contribution < 1.29 is 9.18 Å². The number of benzene rings is 3. The lowest BCUT2D eigenvalue weighted by atomic mass is 10.1. The summed E-state index contributed by atoms with van der Waals surface area (Å²) in [5.41, 5.74) is 5.22. The normalized spacial score (nSPS) is 10.6. The number of carbonyl (C=O) groups excluding carboxylic acids is 1. The summed E-state index contributed by atoms with van der Waals surface area (Å²) in [5, 5.41) is 9.41. The average Bonchev–Trinajstić information content (AvgIpc) is 2.82. The van der Waals surface area contributed by atoms with E-state index in [2.05, 4.69) is 25.9 Å². The van der Waals surface area contributed by atoms with Gasteiger partial charge in [-0.15, -0.1) is 0 Å². The van der Waals surface area contributed by atoms with E-state index < -0.39 is 5.82 Å². The van der Waals surface area contributed by atoms with Crippen LogP contribution in [-0.4, -0.2) is 15.9 Å². The van der Waals surface area contributed by atoms with Crippen molar-refractivity contribution in [1.29, 1.82) is 0 Å². The van der Waals surface area contributed by atoms with E-state index in [-0.39, 0.29) is 17.4 Å². The molecule has 8 heteroatoms. The Hall–Kier alpha value is -3.97. The summed E-state index contributed by atoms with van der Waals surface area (Å²) < 4.78 is 13.3. The number of hydrogen-bond donors (Lipinski definition) is 3. The van der Waals surface area contributed by atoms with Crippen LogP contribution in [-0.2, 0) is 11.2 Å². The maximum absolute atomic E-state index is 13.3. The van der Waals surface area contributed by atoms with E-state index in [0.717, 1.165) is 22.6 Å². The second-order valence-electron chi connectivity index (χ2n) is 8.21. The third-order valence-electron chi connectivity index (χ3n) is 5.23. The molecule has 0 radical (unpaired) electrons. The zero-order valence-electron chi connectivity index (χ0n) is 19.4. The molecule has 0 aliphatic rings. The van der Waals surface area contributed by atoms with Crippen LogP contribution in [0, 0.1) is 19.7 Å². The molecule has 0 aliphatic heterocycles. The Kier molecular flexibility index (Phi) is 7.57. The van der Waals surface area contributed by atoms with Gasteiger partial charge in [-0.2, -0.15) is 4.98 Å². The maximum atomic E-state index is 13.3. The SMILES string of the molecule is Cc1ccc(Nc2cc(C)nc(Nc3ccc(NC(=O)CCc4ccc(F)c(Cl)c4)cc3)n2)cc1. The number of anilines is 5. The summed E-state index contributed by atoms with van der Waals surface area (Å²) in [5.74, 6) is 0.549. The van der Waals surface area contributed by atoms with E-state index in [9.17, 15) is 9.18 Å². The van der Waals surface area contributed by atoms with Gasteiger partial charge >= 0.3 is 0 Å². The highest BCUT2D eigenvalue weighted by Crippen LogP contribution is 2.21. The van der Waals surface area contributed by atoms with Crippen LogP contribution in [0.2, 0.25) is 5.02 Å². The van der Waals surface area contributed by atoms with Crippen molar-refractivity contribution in [3.63, 3.8) is 0 Å². The highest BCUT2D eigenvalue weighted by Gasteiger charge is 2.07. The van der Waals surface area contributed by atoms with E-state index >= 15 is 0 Å². The second-order valence-corrected chi connectivity index (χ2v) is 8.62. The number of nitrogens with one attached hydrogen (secondary N) is 3. The monoisotopic (exact) mass is 489 g/mol. The van der Waals surface area contributed by atoms with Gasteiger partial charge in [-0.3, -0.25) is 4.79 Å². The van der Waals surface area contributed by atoms with Gasteiger partial charge in [0.25, 0.3) is 0 Å². The van der Waals surface area contributed by atoms with Gasteiger partial charge in [0.2, 0.25) is 11.9 Å². The molecule has 0 unspecified atom stereocenters. The molecule has 3 aromatic carbocycles. The molecule has 1 aromatic heterocycles. The largest absolute Gasteiger partial charge is 0.340 e. The van der Waals surface area contributed by atoms with Crippen LogP contribution in [0.25, 0.3) is 0 Å². The molecule has 4 aromatic rings. The average molecular weight is 490 g/mol. The smallest absolute Gasteiger partial charge is 0.229 e. The molecule has 1 heterocycles. The Morgan fingerprint density at radius 1 is 0.857 bits per heavy atom. The van der Waals surface area contributed by atoms with Crippen molar-refractivity contribution >= 4 is 46.3 Å². The third kappa shape index (κ3) is 7.01. The van der Waals surface area contributed by atoms with E-state index in [4.69, 9.17) is 11.6 Å². The predicted molar refractivity (Wildman–Crippen MR) is 139 cm³/mol. The fourth-order valence-electron chi connectivity index (χ4n) is 3.42. The van der Waals surface area contributed by atoms with Crippen molar-refractivity contribution in [2.75, 3.05) is 16.0 Å². The molecule has 0 atom stereocenters. The van der Waals surface area contributed by atoms with Crippen LogP contribution < -0.4 is 16.0 Å². The molecule has 4 rings (SSSR count). The highest BCUT2D eigenvalue weighted by atomic mass is 35.5. The Morgan fingerprint density at radius 2 is 1.51 bits per heavy atom. The van der Waals surface area contributed by atoms with Gasteiger partial charge in [0.15, 0.2) is 0 Å². The summed E-state index contributed by atoms with van der Waals surface area (Å²) in [6.07, 6.45) is 0.727. The first-order valence-corrected chi connectivity index (χ1v) is 11.5. The number of nitrogens with zero attached hydrogens (tertiary/aromatic N) is 2. The summed E-state index contributed by atoms with van der Waals surface area (Å²) >= 11 is 5.80. The Bertz CT molecular complexity index is 1330. The maximum Gasteiger partial charge on any atom is 0.229 e. The molecular formula is C27H25ClFN5O. The van der Waals surface area contributed by atoms with Gasteiger partial charge in [-0.05, 0) is 74.4 Å². The minimum absolute atomic E-state index is 0.0571. The van der Waals surface area contributed by atoms with Crippen molar-refractivity contribution in [1.82, 2.24) is 9.97 Å². The van der Waals surface area contributed by atoms with Crippen molar-refractivity contribution in [3.05, 3.63) is 100 Å². The van der Waals surface area contributed by atoms with Gasteiger partial charge in [-0.25, -0.2) is 9.37 Å². The number of rotatable bonds is 8. The molecule has 0 aliphatic carbocycles. The fourth-order valence-corrected chi connectivity index (χ4v) is 3.62. The number of carbonyl (C=O) groups is 1. The minimum Gasteiger partial charge on any atom is -0.340 e. The topological polar surface area (TPSA) is 78.9 Å². The lowest BCUT2D eigenvalue weighted by Crippen LogP contribution is -2.12. The molecule has 178 valence electrons. The first-order chi connectivity index (χ1) is 16.8. The van der Waals surface area contributed by atoms with Gasteiger partial charge in [0.05, 0.1) is 5.02 Å². The number of hydrogen-bond acceptors (Lipinski definition) is 5. The molecule has 1 amide bonds. The molecule has 0 fully saturated rings. The molecule has 0 bridgehead atoms. The fraction of sp³-hybridized carbons (Fsp3) is 0.148. The van der Waals surface area contributed by atoms with Crippen LogP contribution in [0.15, 0.2) is 72.8 Å². The minimum atomic E-state index is -0.469. The molecular weight excluding hydrogens is 465 g/mol. The van der Waals surface area contributed by atoms with Gasteiger partial charge in [0.1, 0.15) is 11.6 Å². The number of aryl methyl sites for hydroxylation is 3. The first kappa shape index (κ1) is 24.2. The molecule has 0 saturated carbocycles. The highest BCUT2D eigenvalue weighted by molar-refractivity contribution is 6.30. The zero-order valence-corrected chi connectivity index (χ0v) is 20.2.